The third-order valence-electron chi connectivity index (χ3n) is 10.6. The van der Waals surface area contributed by atoms with Gasteiger partial charge in [0.1, 0.15) is 0 Å². The van der Waals surface area contributed by atoms with Crippen molar-refractivity contribution in [1.29, 1.82) is 0 Å². The number of unbranched alkanes of at least 4 members (excludes halogenated alkanes) is 13. The Kier molecular flexibility index (Phi) is 48.5. The molecule has 0 unspecified atom stereocenters. The van der Waals surface area contributed by atoms with Gasteiger partial charge >= 0.3 is 5.97 Å². The SMILES string of the molecule is C=C(CCCCCCCN(CCCCCCCC(=O)OCCCCCCCC)CCCNC)OC1CCCCCCCCCCCCCC1.C=CC.CC. The fourth-order valence-corrected chi connectivity index (χ4v) is 7.35. The molecule has 0 amide bonds. The summed E-state index contributed by atoms with van der Waals surface area (Å²) >= 11 is 0. The molecule has 0 aliphatic heterocycles. The number of carbonyl (C=O) groups is 1. The summed E-state index contributed by atoms with van der Waals surface area (Å²) in [5, 5.41) is 3.31. The molecule has 0 aromatic carbocycles. The molecule has 0 atom stereocenters. The molecule has 0 bridgehead atoms. The highest BCUT2D eigenvalue weighted by Gasteiger charge is 2.12. The summed E-state index contributed by atoms with van der Waals surface area (Å²) in [6, 6.07) is 0. The van der Waals surface area contributed by atoms with E-state index in [1.165, 1.54) is 199 Å². The fraction of sp³-hybridized carbons (Fsp3) is 0.898. The van der Waals surface area contributed by atoms with E-state index in [0.29, 0.717) is 19.1 Å². The number of nitrogens with one attached hydrogen (secondary N) is 1. The summed E-state index contributed by atoms with van der Waals surface area (Å²) in [6.07, 6.45) is 44.0. The van der Waals surface area contributed by atoms with Crippen molar-refractivity contribution in [2.24, 2.45) is 0 Å². The van der Waals surface area contributed by atoms with Crippen LogP contribution in [0.5, 0.6) is 0 Å². The van der Waals surface area contributed by atoms with Gasteiger partial charge in [-0.25, -0.2) is 0 Å². The predicted molar refractivity (Wildman–Crippen MR) is 241 cm³/mol. The van der Waals surface area contributed by atoms with Crippen molar-refractivity contribution >= 4 is 5.97 Å². The minimum Gasteiger partial charge on any atom is -0.495 e. The molecule has 1 saturated carbocycles. The van der Waals surface area contributed by atoms with Gasteiger partial charge in [-0.2, -0.15) is 0 Å². The minimum atomic E-state index is 0.00441. The first kappa shape index (κ1) is 54.8. The van der Waals surface area contributed by atoms with E-state index in [2.05, 4.69) is 37.3 Å². The van der Waals surface area contributed by atoms with Crippen molar-refractivity contribution in [2.75, 3.05) is 39.8 Å². The summed E-state index contributed by atoms with van der Waals surface area (Å²) in [7, 11) is 2.06. The number of esters is 1. The minimum absolute atomic E-state index is 0.00441. The average molecular weight is 763 g/mol. The highest BCUT2D eigenvalue weighted by Crippen LogP contribution is 2.22. The maximum Gasteiger partial charge on any atom is 0.305 e. The molecular formula is C49H98N2O3. The van der Waals surface area contributed by atoms with Crippen molar-refractivity contribution in [1.82, 2.24) is 10.2 Å². The van der Waals surface area contributed by atoms with Crippen LogP contribution in [0.4, 0.5) is 0 Å². The molecule has 1 fully saturated rings. The van der Waals surface area contributed by atoms with Gasteiger partial charge in [-0.3, -0.25) is 4.79 Å². The van der Waals surface area contributed by atoms with Gasteiger partial charge in [0.15, 0.2) is 0 Å². The lowest BCUT2D eigenvalue weighted by molar-refractivity contribution is -0.143. The molecule has 5 nitrogen and oxygen atoms in total. The Bertz CT molecular complexity index is 741. The van der Waals surface area contributed by atoms with Crippen LogP contribution in [0.15, 0.2) is 25.0 Å². The van der Waals surface area contributed by atoms with Crippen LogP contribution in [-0.4, -0.2) is 56.8 Å². The Hall–Kier alpha value is -1.33. The molecule has 54 heavy (non-hydrogen) atoms. The number of hydrogen-bond donors (Lipinski definition) is 1. The van der Waals surface area contributed by atoms with Crippen molar-refractivity contribution in [2.45, 2.75) is 246 Å². The van der Waals surface area contributed by atoms with E-state index in [1.807, 2.05) is 20.8 Å². The zero-order chi connectivity index (χ0) is 40.0. The van der Waals surface area contributed by atoms with Crippen LogP contribution >= 0.6 is 0 Å². The van der Waals surface area contributed by atoms with Crippen molar-refractivity contribution in [3.63, 3.8) is 0 Å². The highest BCUT2D eigenvalue weighted by molar-refractivity contribution is 5.69. The van der Waals surface area contributed by atoms with E-state index in [4.69, 9.17) is 9.47 Å². The molecule has 0 radical (unpaired) electrons. The molecule has 5 heteroatoms. The Morgan fingerprint density at radius 2 is 1.04 bits per heavy atom. The molecule has 0 spiro atoms. The largest absolute Gasteiger partial charge is 0.495 e. The van der Waals surface area contributed by atoms with E-state index in [0.717, 1.165) is 38.0 Å². The average Bonchev–Trinajstić information content (AvgIpc) is 3.18. The third-order valence-corrected chi connectivity index (χ3v) is 10.6. The van der Waals surface area contributed by atoms with E-state index in [-0.39, 0.29) is 5.97 Å². The van der Waals surface area contributed by atoms with Gasteiger partial charge in [0.25, 0.3) is 0 Å². The maximum atomic E-state index is 12.0. The number of rotatable bonds is 29. The maximum absolute atomic E-state index is 12.0. The molecule has 1 rings (SSSR count). The van der Waals surface area contributed by atoms with Gasteiger partial charge in [0.05, 0.1) is 18.5 Å². The van der Waals surface area contributed by atoms with Crippen LogP contribution in [0.3, 0.4) is 0 Å². The molecular weight excluding hydrogens is 665 g/mol. The van der Waals surface area contributed by atoms with Gasteiger partial charge < -0.3 is 19.7 Å². The number of ether oxygens (including phenoxy) is 2. The van der Waals surface area contributed by atoms with Crippen LogP contribution in [-0.2, 0) is 14.3 Å². The lowest BCUT2D eigenvalue weighted by atomic mass is 10.0. The van der Waals surface area contributed by atoms with Gasteiger partial charge in [-0.05, 0) is 104 Å². The van der Waals surface area contributed by atoms with E-state index in [9.17, 15) is 4.79 Å². The Morgan fingerprint density at radius 1 is 0.630 bits per heavy atom. The molecule has 0 aromatic rings. The smallest absolute Gasteiger partial charge is 0.305 e. The Morgan fingerprint density at radius 3 is 1.54 bits per heavy atom. The zero-order valence-corrected chi connectivity index (χ0v) is 37.6. The van der Waals surface area contributed by atoms with Gasteiger partial charge in [0, 0.05) is 12.8 Å². The zero-order valence-electron chi connectivity index (χ0n) is 37.6. The molecule has 1 aliphatic rings. The molecule has 0 saturated heterocycles. The van der Waals surface area contributed by atoms with E-state index < -0.39 is 0 Å². The summed E-state index contributed by atoms with van der Waals surface area (Å²) in [5.74, 6) is 1.05. The van der Waals surface area contributed by atoms with E-state index >= 15 is 0 Å². The molecule has 1 N–H and O–H groups in total. The number of nitrogens with zero attached hydrogens (tertiary/aromatic N) is 1. The third kappa shape index (κ3) is 43.4. The summed E-state index contributed by atoms with van der Waals surface area (Å²) in [6.45, 7) is 21.2. The predicted octanol–water partition coefficient (Wildman–Crippen LogP) is 15.1. The number of hydrogen-bond acceptors (Lipinski definition) is 5. The number of allylic oxidation sites excluding steroid dienone is 2. The molecule has 322 valence electrons. The summed E-state index contributed by atoms with van der Waals surface area (Å²) in [5.41, 5.74) is 0. The monoisotopic (exact) mass is 763 g/mol. The molecule has 0 aromatic heterocycles. The van der Waals surface area contributed by atoms with Crippen LogP contribution < -0.4 is 5.32 Å². The highest BCUT2D eigenvalue weighted by atomic mass is 16.5. The van der Waals surface area contributed by atoms with Gasteiger partial charge in [0.2, 0.25) is 0 Å². The molecule has 1 aliphatic carbocycles. The fourth-order valence-electron chi connectivity index (χ4n) is 7.35. The van der Waals surface area contributed by atoms with Crippen LogP contribution in [0.25, 0.3) is 0 Å². The summed E-state index contributed by atoms with van der Waals surface area (Å²) in [4.78, 5) is 14.7. The molecule has 0 heterocycles. The number of carbonyl (C=O) groups excluding carboxylic acids is 1. The van der Waals surface area contributed by atoms with Crippen LogP contribution in [0.2, 0.25) is 0 Å². The second-order valence-corrected chi connectivity index (χ2v) is 15.8. The standard InChI is InChI=1S/C44H86N2O3.C3H6.C2H6/c1-4-5-6-7-24-31-41-48-44(47)36-28-21-17-23-30-39-46(40-32-37-45-3)38-29-22-16-18-25-33-42(2)49-43-34-26-19-14-12-10-8-9-11-13-15-20-27-35-43;1-3-2;1-2/h43,45H,2,4-41H2,1,3H3;3H,1H2,2H3;1-2H3. The Balaban J connectivity index is 0. The van der Waals surface area contributed by atoms with Crippen molar-refractivity contribution in [3.8, 4) is 0 Å². The second kappa shape index (κ2) is 47.8. The van der Waals surface area contributed by atoms with Gasteiger partial charge in [-0.1, -0.05) is 168 Å². The first-order valence-corrected chi connectivity index (χ1v) is 24.0. The van der Waals surface area contributed by atoms with Gasteiger partial charge in [-0.15, -0.1) is 6.58 Å². The Labute approximate surface area is 340 Å². The first-order valence-electron chi connectivity index (χ1n) is 24.0. The lowest BCUT2D eigenvalue weighted by Gasteiger charge is -2.22. The normalized spacial score (nSPS) is 14.8. The van der Waals surface area contributed by atoms with Crippen LogP contribution in [0.1, 0.15) is 240 Å². The second-order valence-electron chi connectivity index (χ2n) is 15.8. The van der Waals surface area contributed by atoms with Crippen molar-refractivity contribution in [3.05, 3.63) is 25.0 Å². The summed E-state index contributed by atoms with van der Waals surface area (Å²) < 4.78 is 11.9. The quantitative estimate of drug-likeness (QED) is 0.0356. The topological polar surface area (TPSA) is 50.8 Å². The first-order chi connectivity index (χ1) is 26.6. The van der Waals surface area contributed by atoms with Crippen molar-refractivity contribution < 1.29 is 14.3 Å². The lowest BCUT2D eigenvalue weighted by Crippen LogP contribution is -2.29. The van der Waals surface area contributed by atoms with E-state index in [1.54, 1.807) is 6.08 Å². The van der Waals surface area contributed by atoms with Crippen LogP contribution in [0, 0.1) is 0 Å².